The third-order valence-electron chi connectivity index (χ3n) is 16.5. The first-order chi connectivity index (χ1) is 48.7. The van der Waals surface area contributed by atoms with Gasteiger partial charge in [0.2, 0.25) is 0 Å². The van der Waals surface area contributed by atoms with E-state index in [1.807, 2.05) is 12.2 Å². The van der Waals surface area contributed by atoms with Crippen LogP contribution in [0.4, 0.5) is 0 Å². The van der Waals surface area contributed by atoms with Crippen LogP contribution in [0.15, 0.2) is 97.2 Å². The highest BCUT2D eigenvalue weighted by molar-refractivity contribution is 7.47. The summed E-state index contributed by atoms with van der Waals surface area (Å²) in [5.74, 6) is -2.25. The summed E-state index contributed by atoms with van der Waals surface area (Å²) < 4.78 is 68.5. The van der Waals surface area contributed by atoms with Crippen molar-refractivity contribution < 1.29 is 80.2 Å². The van der Waals surface area contributed by atoms with Crippen LogP contribution in [0.1, 0.15) is 336 Å². The lowest BCUT2D eigenvalue weighted by atomic mass is 10.0. The molecule has 5 unspecified atom stereocenters. The monoisotopic (exact) mass is 1450 g/mol. The molecule has 100 heavy (non-hydrogen) atoms. The molecule has 5 atom stereocenters. The molecule has 0 spiro atoms. The number of phosphoric acid groups is 2. The van der Waals surface area contributed by atoms with E-state index in [-0.39, 0.29) is 25.7 Å². The Morgan fingerprint density at radius 2 is 0.530 bits per heavy atom. The van der Waals surface area contributed by atoms with Gasteiger partial charge in [0.1, 0.15) is 19.3 Å². The van der Waals surface area contributed by atoms with Gasteiger partial charge in [0.05, 0.1) is 26.4 Å². The number of ether oxygens (including phenoxy) is 4. The number of phosphoric ester groups is 2. The third kappa shape index (κ3) is 72.3. The van der Waals surface area contributed by atoms with E-state index in [0.717, 1.165) is 141 Å². The van der Waals surface area contributed by atoms with Gasteiger partial charge in [-0.25, -0.2) is 9.13 Å². The van der Waals surface area contributed by atoms with Crippen molar-refractivity contribution in [3.05, 3.63) is 97.2 Å². The van der Waals surface area contributed by atoms with Gasteiger partial charge in [-0.2, -0.15) is 0 Å². The number of aliphatic hydroxyl groups is 1. The molecule has 3 N–H and O–H groups in total. The van der Waals surface area contributed by atoms with Gasteiger partial charge in [-0.15, -0.1) is 0 Å². The molecule has 0 aliphatic carbocycles. The summed E-state index contributed by atoms with van der Waals surface area (Å²) in [7, 11) is -9.97. The van der Waals surface area contributed by atoms with E-state index in [9.17, 15) is 43.2 Å². The average Bonchev–Trinajstić information content (AvgIpc) is 0.965. The summed E-state index contributed by atoms with van der Waals surface area (Å²) in [5, 5.41) is 10.6. The van der Waals surface area contributed by atoms with Crippen molar-refractivity contribution in [3.63, 3.8) is 0 Å². The Bertz CT molecular complexity index is 2270. The summed E-state index contributed by atoms with van der Waals surface area (Å²) in [4.78, 5) is 72.9. The molecule has 578 valence electrons. The fourth-order valence-electron chi connectivity index (χ4n) is 10.5. The number of unbranched alkanes of at least 4 members (excludes halogenated alkanes) is 32. The maximum atomic E-state index is 13.1. The fourth-order valence-corrected chi connectivity index (χ4v) is 12.1. The Morgan fingerprint density at radius 3 is 0.880 bits per heavy atom. The maximum Gasteiger partial charge on any atom is 0.472 e. The maximum absolute atomic E-state index is 13.1. The predicted octanol–water partition coefficient (Wildman–Crippen LogP) is 22.8. The zero-order valence-corrected chi connectivity index (χ0v) is 64.9. The highest BCUT2D eigenvalue weighted by atomic mass is 31.2. The minimum absolute atomic E-state index is 0.0727. The van der Waals surface area contributed by atoms with Crippen molar-refractivity contribution in [2.24, 2.45) is 0 Å². The summed E-state index contributed by atoms with van der Waals surface area (Å²) in [6, 6.07) is 0. The number of hydrogen-bond donors (Lipinski definition) is 3. The van der Waals surface area contributed by atoms with Crippen LogP contribution in [0.3, 0.4) is 0 Å². The topological polar surface area (TPSA) is 237 Å². The summed E-state index contributed by atoms with van der Waals surface area (Å²) in [6.07, 6.45) is 76.8. The van der Waals surface area contributed by atoms with Crippen LogP contribution in [-0.2, 0) is 65.4 Å². The standard InChI is InChI=1S/C81H142O17P2/c1-5-9-13-17-21-25-29-33-36-37-40-43-46-50-54-58-62-66-79(84)92-71-76(97-80(85)67-63-59-55-51-47-41-32-28-24-20-16-12-8-4)73-95-99(87,88)93-69-75(82)70-94-100(89,90)96-74-77(98-81(86)68-64-60-56-52-48-44-39-35-31-27-23-19-15-11-7-3)72-91-78(83)65-61-57-53-49-45-42-38-34-30-26-22-18-14-10-6-2/h9,13,21-22,25-26,28,32-34,36,38,40,43,50,54,75-77,82H,5-8,10-12,14-20,23-24,27,29-31,35,37,39,41-42,44-49,51-53,55-74H2,1-4H3,(H,87,88)(H,89,90)/b13-9-,25-21-,26-22-,32-28-,36-33-,38-34-,43-40-,54-50-. The van der Waals surface area contributed by atoms with Crippen LogP contribution < -0.4 is 0 Å². The molecule has 0 aliphatic rings. The molecular formula is C81H142O17P2. The molecule has 0 fully saturated rings. The number of rotatable bonds is 74. The van der Waals surface area contributed by atoms with Gasteiger partial charge in [0, 0.05) is 25.7 Å². The third-order valence-corrected chi connectivity index (χ3v) is 18.4. The Labute approximate surface area is 607 Å². The summed E-state index contributed by atoms with van der Waals surface area (Å²) in [6.45, 7) is 4.67. The minimum atomic E-state index is -4.99. The highest BCUT2D eigenvalue weighted by Crippen LogP contribution is 2.45. The Balaban J connectivity index is 5.39. The van der Waals surface area contributed by atoms with Gasteiger partial charge in [-0.05, 0) is 122 Å². The van der Waals surface area contributed by atoms with Gasteiger partial charge in [0.25, 0.3) is 0 Å². The minimum Gasteiger partial charge on any atom is -0.462 e. The Hall–Kier alpha value is -4.02. The smallest absolute Gasteiger partial charge is 0.462 e. The SMILES string of the molecule is CC/C=C\C/C=C\C/C=C\C/C=C\C/C=C\CCCC(=O)OCC(COP(=O)(O)OCC(O)COP(=O)(O)OCC(COC(=O)CCCCCCC/C=C\C/C=C\CCCCC)OC(=O)CCCCCCCCCCCCCCCCC)OC(=O)CCCCCCC/C=C\CCCCCC. The second-order valence-electron chi connectivity index (χ2n) is 26.3. The largest absolute Gasteiger partial charge is 0.472 e. The molecule has 0 aromatic rings. The molecule has 0 aromatic carbocycles. The average molecular weight is 1450 g/mol. The van der Waals surface area contributed by atoms with Crippen molar-refractivity contribution in [1.29, 1.82) is 0 Å². The molecule has 0 aromatic heterocycles. The molecule has 0 amide bonds. The quantitative estimate of drug-likeness (QED) is 0.0169. The number of carbonyl (C=O) groups excluding carboxylic acids is 4. The van der Waals surface area contributed by atoms with Gasteiger partial charge in [-0.3, -0.25) is 37.3 Å². The number of allylic oxidation sites excluding steroid dienone is 16. The Morgan fingerprint density at radius 1 is 0.290 bits per heavy atom. The van der Waals surface area contributed by atoms with Crippen molar-refractivity contribution in [2.75, 3.05) is 39.6 Å². The summed E-state index contributed by atoms with van der Waals surface area (Å²) >= 11 is 0. The first kappa shape index (κ1) is 96.0. The lowest BCUT2D eigenvalue weighted by Crippen LogP contribution is -2.30. The normalized spacial score (nSPS) is 14.4. The van der Waals surface area contributed by atoms with E-state index in [0.29, 0.717) is 32.1 Å². The van der Waals surface area contributed by atoms with Crippen molar-refractivity contribution in [1.82, 2.24) is 0 Å². The first-order valence-corrected chi connectivity index (χ1v) is 42.5. The van der Waals surface area contributed by atoms with Crippen LogP contribution in [0.2, 0.25) is 0 Å². The molecule has 0 bridgehead atoms. The van der Waals surface area contributed by atoms with Crippen LogP contribution in [0.5, 0.6) is 0 Å². The van der Waals surface area contributed by atoms with E-state index in [1.165, 1.54) is 109 Å². The van der Waals surface area contributed by atoms with Gasteiger partial charge in [-0.1, -0.05) is 285 Å². The van der Waals surface area contributed by atoms with Crippen molar-refractivity contribution in [3.8, 4) is 0 Å². The number of esters is 4. The zero-order valence-electron chi connectivity index (χ0n) is 63.1. The molecule has 0 saturated heterocycles. The molecule has 0 saturated carbocycles. The van der Waals surface area contributed by atoms with Gasteiger partial charge in [0.15, 0.2) is 12.2 Å². The zero-order chi connectivity index (χ0) is 73.2. The van der Waals surface area contributed by atoms with Gasteiger partial charge >= 0.3 is 39.5 Å². The van der Waals surface area contributed by atoms with E-state index in [2.05, 4.69) is 113 Å². The van der Waals surface area contributed by atoms with Crippen LogP contribution in [0, 0.1) is 0 Å². The predicted molar refractivity (Wildman–Crippen MR) is 409 cm³/mol. The van der Waals surface area contributed by atoms with Crippen molar-refractivity contribution in [2.45, 2.75) is 354 Å². The molecule has 0 heterocycles. The molecular weight excluding hydrogens is 1310 g/mol. The molecule has 0 aliphatic heterocycles. The second kappa shape index (κ2) is 73.3. The van der Waals surface area contributed by atoms with Gasteiger partial charge < -0.3 is 33.8 Å². The molecule has 19 heteroatoms. The molecule has 0 radical (unpaired) electrons. The highest BCUT2D eigenvalue weighted by Gasteiger charge is 2.30. The lowest BCUT2D eigenvalue weighted by molar-refractivity contribution is -0.161. The number of aliphatic hydroxyl groups excluding tert-OH is 1. The Kier molecular flexibility index (Phi) is 70.4. The second-order valence-corrected chi connectivity index (χ2v) is 29.2. The summed E-state index contributed by atoms with van der Waals surface area (Å²) in [5.41, 5.74) is 0. The van der Waals surface area contributed by atoms with E-state index in [4.69, 9.17) is 37.0 Å². The van der Waals surface area contributed by atoms with Crippen molar-refractivity contribution >= 4 is 39.5 Å². The van der Waals surface area contributed by atoms with Crippen LogP contribution >= 0.6 is 15.6 Å². The lowest BCUT2D eigenvalue weighted by Gasteiger charge is -2.21. The van der Waals surface area contributed by atoms with E-state index >= 15 is 0 Å². The van der Waals surface area contributed by atoms with E-state index < -0.39 is 97.5 Å². The van der Waals surface area contributed by atoms with E-state index in [1.54, 1.807) is 0 Å². The number of hydrogen-bond acceptors (Lipinski definition) is 15. The fraction of sp³-hybridized carbons (Fsp3) is 0.753. The molecule has 0 rings (SSSR count). The molecule has 17 nitrogen and oxygen atoms in total. The first-order valence-electron chi connectivity index (χ1n) is 39.5. The van der Waals surface area contributed by atoms with Crippen LogP contribution in [-0.4, -0.2) is 96.7 Å². The van der Waals surface area contributed by atoms with Crippen LogP contribution in [0.25, 0.3) is 0 Å². The number of carbonyl (C=O) groups is 4.